The van der Waals surface area contributed by atoms with E-state index in [1.807, 2.05) is 73.7 Å². The maximum Gasteiger partial charge on any atom is 0.244 e. The molecule has 3 aromatic rings. The van der Waals surface area contributed by atoms with Crippen LogP contribution in [0.2, 0.25) is 0 Å². The fourth-order valence-electron chi connectivity index (χ4n) is 3.07. The average molecular weight is 462 g/mol. The van der Waals surface area contributed by atoms with Gasteiger partial charge in [-0.3, -0.25) is 4.79 Å². The summed E-state index contributed by atoms with van der Waals surface area (Å²) in [4.78, 5) is 17.0. The Kier molecular flexibility index (Phi) is 7.69. The number of hydrogen-bond acceptors (Lipinski definition) is 6. The number of carbonyl (C=O) groups excluding carboxylic acids is 1. The highest BCUT2D eigenvalue weighted by Gasteiger charge is 2.22. The van der Waals surface area contributed by atoms with Gasteiger partial charge in [-0.05, 0) is 53.6 Å². The first-order valence-corrected chi connectivity index (χ1v) is 12.1. The molecule has 1 aliphatic rings. The highest BCUT2D eigenvalue weighted by Crippen LogP contribution is 2.34. The topological polar surface area (TPSA) is 47.9 Å². The molecular formula is C26H23NO3S2. The van der Waals surface area contributed by atoms with Gasteiger partial charge in [0.2, 0.25) is 5.12 Å². The van der Waals surface area contributed by atoms with Crippen molar-refractivity contribution in [1.29, 1.82) is 0 Å². The molecule has 0 spiro atoms. The average Bonchev–Trinajstić information content (AvgIpc) is 3.18. The molecule has 0 atom stereocenters. The molecule has 0 fully saturated rings. The van der Waals surface area contributed by atoms with E-state index in [1.54, 1.807) is 17.8 Å². The normalized spacial score (nSPS) is 14.5. The maximum atomic E-state index is 12.4. The van der Waals surface area contributed by atoms with E-state index in [2.05, 4.69) is 17.1 Å². The molecule has 0 unspecified atom stereocenters. The predicted octanol–water partition coefficient (Wildman–Crippen LogP) is 6.57. The van der Waals surface area contributed by atoms with Crippen LogP contribution < -0.4 is 9.47 Å². The molecule has 0 amide bonds. The van der Waals surface area contributed by atoms with E-state index >= 15 is 0 Å². The van der Waals surface area contributed by atoms with E-state index in [0.717, 1.165) is 21.3 Å². The van der Waals surface area contributed by atoms with Crippen molar-refractivity contribution in [3.63, 3.8) is 0 Å². The molecule has 0 saturated heterocycles. The summed E-state index contributed by atoms with van der Waals surface area (Å²) in [5.41, 5.74) is 3.59. The van der Waals surface area contributed by atoms with Gasteiger partial charge in [-0.15, -0.1) is 0 Å². The number of benzene rings is 3. The van der Waals surface area contributed by atoms with Crippen LogP contribution >= 0.6 is 23.5 Å². The predicted molar refractivity (Wildman–Crippen MR) is 134 cm³/mol. The molecule has 0 aliphatic carbocycles. The van der Waals surface area contributed by atoms with E-state index in [1.165, 1.54) is 17.3 Å². The molecule has 0 saturated carbocycles. The standard InChI is InChI=1S/C26H23NO3S2/c1-2-29-24-16-21(13-14-23(24)30-17-19-9-5-3-6-10-19)15-22-25(28)32-26(27-22)31-18-20-11-7-4-8-12-20/h3-16H,2,17-18H2,1H3/b22-15-. The number of hydrogen-bond donors (Lipinski definition) is 0. The van der Waals surface area contributed by atoms with Crippen LogP contribution in [0.15, 0.2) is 89.6 Å². The van der Waals surface area contributed by atoms with Crippen LogP contribution in [0.3, 0.4) is 0 Å². The second-order valence-electron chi connectivity index (χ2n) is 6.98. The first kappa shape index (κ1) is 22.2. The number of rotatable bonds is 8. The van der Waals surface area contributed by atoms with Crippen molar-refractivity contribution in [2.45, 2.75) is 19.3 Å². The third kappa shape index (κ3) is 6.05. The summed E-state index contributed by atoms with van der Waals surface area (Å²) in [6.07, 6.45) is 1.80. The van der Waals surface area contributed by atoms with Gasteiger partial charge in [-0.25, -0.2) is 4.99 Å². The molecular weight excluding hydrogens is 438 g/mol. The zero-order valence-corrected chi connectivity index (χ0v) is 19.3. The molecule has 1 heterocycles. The highest BCUT2D eigenvalue weighted by atomic mass is 32.2. The highest BCUT2D eigenvalue weighted by molar-refractivity contribution is 8.45. The Morgan fingerprint density at radius 3 is 2.34 bits per heavy atom. The fourth-order valence-corrected chi connectivity index (χ4v) is 4.86. The summed E-state index contributed by atoms with van der Waals surface area (Å²) in [6.45, 7) is 2.92. The molecule has 6 heteroatoms. The molecule has 32 heavy (non-hydrogen) atoms. The Labute approximate surface area is 196 Å². The number of aliphatic imine (C=N–C) groups is 1. The minimum atomic E-state index is -0.0390. The zero-order valence-electron chi connectivity index (χ0n) is 17.7. The molecule has 0 bridgehead atoms. The van der Waals surface area contributed by atoms with Gasteiger partial charge in [0.05, 0.1) is 6.61 Å². The SMILES string of the molecule is CCOc1cc(/C=C2\N=C(SCc3ccccc3)SC2=O)ccc1OCc1ccccc1. The number of thioether (sulfide) groups is 2. The van der Waals surface area contributed by atoms with Crippen LogP contribution in [0, 0.1) is 0 Å². The fraction of sp³-hybridized carbons (Fsp3) is 0.154. The van der Waals surface area contributed by atoms with Gasteiger partial charge >= 0.3 is 0 Å². The Bertz CT molecular complexity index is 1130. The summed E-state index contributed by atoms with van der Waals surface area (Å²) in [5, 5.41) is -0.0390. The lowest BCUT2D eigenvalue weighted by atomic mass is 10.1. The Morgan fingerprint density at radius 1 is 0.906 bits per heavy atom. The summed E-state index contributed by atoms with van der Waals surface area (Å²) < 4.78 is 12.5. The van der Waals surface area contributed by atoms with E-state index in [-0.39, 0.29) is 5.12 Å². The molecule has 0 radical (unpaired) electrons. The molecule has 0 aromatic heterocycles. The molecule has 4 rings (SSSR count). The minimum Gasteiger partial charge on any atom is -0.490 e. The van der Waals surface area contributed by atoms with Crippen LogP contribution in [-0.2, 0) is 17.2 Å². The number of carbonyl (C=O) groups is 1. The van der Waals surface area contributed by atoms with Crippen molar-refractivity contribution in [1.82, 2.24) is 0 Å². The van der Waals surface area contributed by atoms with Crippen LogP contribution in [0.4, 0.5) is 0 Å². The van der Waals surface area contributed by atoms with E-state index in [4.69, 9.17) is 9.47 Å². The lowest BCUT2D eigenvalue weighted by molar-refractivity contribution is -0.107. The monoisotopic (exact) mass is 461 g/mol. The van der Waals surface area contributed by atoms with E-state index in [9.17, 15) is 4.79 Å². The minimum absolute atomic E-state index is 0.0390. The summed E-state index contributed by atoms with van der Waals surface area (Å²) in [6, 6.07) is 25.8. The third-order valence-electron chi connectivity index (χ3n) is 4.61. The third-order valence-corrected chi connectivity index (χ3v) is 6.69. The van der Waals surface area contributed by atoms with Gasteiger partial charge in [0, 0.05) is 5.75 Å². The molecule has 1 aliphatic heterocycles. The first-order chi connectivity index (χ1) is 15.7. The van der Waals surface area contributed by atoms with Gasteiger partial charge in [-0.1, -0.05) is 78.5 Å². The summed E-state index contributed by atoms with van der Waals surface area (Å²) >= 11 is 2.77. The second kappa shape index (κ2) is 11.1. The molecule has 3 aromatic carbocycles. The second-order valence-corrected chi connectivity index (χ2v) is 9.17. The van der Waals surface area contributed by atoms with Crippen molar-refractivity contribution < 1.29 is 14.3 Å². The van der Waals surface area contributed by atoms with Crippen LogP contribution in [0.25, 0.3) is 6.08 Å². The van der Waals surface area contributed by atoms with Gasteiger partial charge < -0.3 is 9.47 Å². The Morgan fingerprint density at radius 2 is 1.62 bits per heavy atom. The van der Waals surface area contributed by atoms with E-state index < -0.39 is 0 Å². The van der Waals surface area contributed by atoms with Gasteiger partial charge in [-0.2, -0.15) is 0 Å². The first-order valence-electron chi connectivity index (χ1n) is 10.3. The zero-order chi connectivity index (χ0) is 22.2. The number of ether oxygens (including phenoxy) is 2. The van der Waals surface area contributed by atoms with Gasteiger partial charge in [0.25, 0.3) is 0 Å². The van der Waals surface area contributed by atoms with E-state index in [0.29, 0.717) is 30.4 Å². The maximum absolute atomic E-state index is 12.4. The molecule has 0 N–H and O–H groups in total. The Hall–Kier alpha value is -2.96. The summed E-state index contributed by atoms with van der Waals surface area (Å²) in [5.74, 6) is 2.11. The van der Waals surface area contributed by atoms with Crippen LogP contribution in [0.5, 0.6) is 11.5 Å². The number of nitrogens with zero attached hydrogens (tertiary/aromatic N) is 1. The summed E-state index contributed by atoms with van der Waals surface area (Å²) in [7, 11) is 0. The van der Waals surface area contributed by atoms with Crippen molar-refractivity contribution in [2.75, 3.05) is 6.61 Å². The van der Waals surface area contributed by atoms with Crippen LogP contribution in [0.1, 0.15) is 23.6 Å². The van der Waals surface area contributed by atoms with Crippen molar-refractivity contribution in [3.8, 4) is 11.5 Å². The van der Waals surface area contributed by atoms with Crippen molar-refractivity contribution >= 4 is 39.1 Å². The molecule has 4 nitrogen and oxygen atoms in total. The Balaban J connectivity index is 1.46. The largest absolute Gasteiger partial charge is 0.490 e. The smallest absolute Gasteiger partial charge is 0.244 e. The quantitative estimate of drug-likeness (QED) is 0.355. The van der Waals surface area contributed by atoms with Gasteiger partial charge in [0.1, 0.15) is 16.7 Å². The van der Waals surface area contributed by atoms with Crippen molar-refractivity contribution in [3.05, 3.63) is 101 Å². The lowest BCUT2D eigenvalue weighted by Crippen LogP contribution is -2.00. The van der Waals surface area contributed by atoms with Gasteiger partial charge in [0.15, 0.2) is 11.5 Å². The van der Waals surface area contributed by atoms with Crippen molar-refractivity contribution in [2.24, 2.45) is 4.99 Å². The van der Waals surface area contributed by atoms with Crippen LogP contribution in [-0.4, -0.2) is 16.1 Å². The lowest BCUT2D eigenvalue weighted by Gasteiger charge is -2.13. The molecule has 162 valence electrons.